The highest BCUT2D eigenvalue weighted by Crippen LogP contribution is 2.34. The van der Waals surface area contributed by atoms with Crippen molar-refractivity contribution in [3.05, 3.63) is 0 Å². The molecule has 0 radical (unpaired) electrons. The van der Waals surface area contributed by atoms with Crippen LogP contribution < -0.4 is 11.1 Å². The second kappa shape index (κ2) is 4.78. The van der Waals surface area contributed by atoms with Gasteiger partial charge in [0.05, 0.1) is 6.04 Å². The Labute approximate surface area is 86.4 Å². The molecule has 1 aliphatic carbocycles. The quantitative estimate of drug-likeness (QED) is 0.704. The lowest BCUT2D eigenvalue weighted by Crippen LogP contribution is -2.57. The molecule has 1 atom stereocenters. The fraction of sp³-hybridized carbons (Fsp3) is 0.909. The van der Waals surface area contributed by atoms with Crippen molar-refractivity contribution in [2.45, 2.75) is 64.0 Å². The number of carbonyl (C=O) groups excluding carboxylic acids is 1. The SMILES string of the molecule is CCC[C@@H](N)C(=O)NC1(CC)CCC1. The molecule has 0 saturated heterocycles. The molecule has 3 nitrogen and oxygen atoms in total. The van der Waals surface area contributed by atoms with Crippen LogP contribution in [0, 0.1) is 0 Å². The van der Waals surface area contributed by atoms with E-state index in [-0.39, 0.29) is 17.5 Å². The summed E-state index contributed by atoms with van der Waals surface area (Å²) in [6.45, 7) is 4.18. The number of carbonyl (C=O) groups is 1. The molecule has 0 aromatic carbocycles. The predicted molar refractivity (Wildman–Crippen MR) is 57.9 cm³/mol. The van der Waals surface area contributed by atoms with Crippen LogP contribution in [0.15, 0.2) is 0 Å². The first-order valence-electron chi connectivity index (χ1n) is 5.71. The molecule has 1 rings (SSSR count). The fourth-order valence-electron chi connectivity index (χ4n) is 1.97. The van der Waals surface area contributed by atoms with Gasteiger partial charge < -0.3 is 11.1 Å². The molecule has 0 heterocycles. The zero-order valence-corrected chi connectivity index (χ0v) is 9.31. The normalized spacial score (nSPS) is 21.1. The summed E-state index contributed by atoms with van der Waals surface area (Å²) in [5, 5.41) is 3.10. The van der Waals surface area contributed by atoms with Gasteiger partial charge in [-0.15, -0.1) is 0 Å². The molecular formula is C11H22N2O. The summed E-state index contributed by atoms with van der Waals surface area (Å²) < 4.78 is 0. The summed E-state index contributed by atoms with van der Waals surface area (Å²) in [6, 6.07) is -0.316. The lowest BCUT2D eigenvalue weighted by atomic mass is 9.74. The molecule has 0 aliphatic heterocycles. The number of nitrogens with two attached hydrogens (primary N) is 1. The van der Waals surface area contributed by atoms with E-state index < -0.39 is 0 Å². The van der Waals surface area contributed by atoms with Crippen LogP contribution in [0.25, 0.3) is 0 Å². The molecule has 3 heteroatoms. The monoisotopic (exact) mass is 198 g/mol. The van der Waals surface area contributed by atoms with Crippen LogP contribution in [-0.2, 0) is 4.79 Å². The Bertz CT molecular complexity index is 194. The third kappa shape index (κ3) is 2.47. The van der Waals surface area contributed by atoms with Gasteiger partial charge in [-0.1, -0.05) is 20.3 Å². The fourth-order valence-corrected chi connectivity index (χ4v) is 1.97. The van der Waals surface area contributed by atoms with E-state index in [1.54, 1.807) is 0 Å². The second-order valence-corrected chi connectivity index (χ2v) is 4.37. The minimum atomic E-state index is -0.316. The van der Waals surface area contributed by atoms with Crippen molar-refractivity contribution >= 4 is 5.91 Å². The van der Waals surface area contributed by atoms with Crippen LogP contribution >= 0.6 is 0 Å². The van der Waals surface area contributed by atoms with Crippen molar-refractivity contribution in [2.75, 3.05) is 0 Å². The van der Waals surface area contributed by atoms with Crippen molar-refractivity contribution in [1.29, 1.82) is 0 Å². The van der Waals surface area contributed by atoms with Crippen LogP contribution in [0.5, 0.6) is 0 Å². The van der Waals surface area contributed by atoms with Crippen LogP contribution in [0.1, 0.15) is 52.4 Å². The van der Waals surface area contributed by atoms with Gasteiger partial charge in [0.25, 0.3) is 0 Å². The summed E-state index contributed by atoms with van der Waals surface area (Å²) in [5.41, 5.74) is 5.84. The maximum Gasteiger partial charge on any atom is 0.237 e. The molecule has 82 valence electrons. The maximum absolute atomic E-state index is 11.7. The maximum atomic E-state index is 11.7. The predicted octanol–water partition coefficient (Wildman–Crippen LogP) is 1.56. The van der Waals surface area contributed by atoms with Gasteiger partial charge in [-0.25, -0.2) is 0 Å². The van der Waals surface area contributed by atoms with Crippen LogP contribution in [0.4, 0.5) is 0 Å². The Morgan fingerprint density at radius 1 is 1.50 bits per heavy atom. The lowest BCUT2D eigenvalue weighted by Gasteiger charge is -2.42. The standard InChI is InChI=1S/C11H22N2O/c1-3-6-9(12)10(14)13-11(4-2)7-5-8-11/h9H,3-8,12H2,1-2H3,(H,13,14)/t9-/m1/s1. The molecule has 14 heavy (non-hydrogen) atoms. The molecule has 1 amide bonds. The van der Waals surface area contributed by atoms with Gasteiger partial charge in [0.1, 0.15) is 0 Å². The lowest BCUT2D eigenvalue weighted by molar-refractivity contribution is -0.125. The summed E-state index contributed by atoms with van der Waals surface area (Å²) in [5.74, 6) is 0.0356. The van der Waals surface area contributed by atoms with Gasteiger partial charge >= 0.3 is 0 Å². The molecule has 0 aromatic rings. The zero-order valence-electron chi connectivity index (χ0n) is 9.31. The summed E-state index contributed by atoms with van der Waals surface area (Å²) >= 11 is 0. The smallest absolute Gasteiger partial charge is 0.237 e. The molecule has 0 spiro atoms. The van der Waals surface area contributed by atoms with E-state index in [2.05, 4.69) is 12.2 Å². The van der Waals surface area contributed by atoms with Gasteiger partial charge in [0, 0.05) is 5.54 Å². The molecule has 1 fully saturated rings. The zero-order chi connectivity index (χ0) is 10.6. The highest BCUT2D eigenvalue weighted by molar-refractivity contribution is 5.82. The largest absolute Gasteiger partial charge is 0.349 e. The van der Waals surface area contributed by atoms with E-state index in [0.717, 1.165) is 32.1 Å². The Kier molecular flexibility index (Phi) is 3.93. The Morgan fingerprint density at radius 3 is 2.50 bits per heavy atom. The number of nitrogens with one attached hydrogen (secondary N) is 1. The second-order valence-electron chi connectivity index (χ2n) is 4.37. The summed E-state index contributed by atoms with van der Waals surface area (Å²) in [6.07, 6.45) is 6.25. The number of hydrogen-bond donors (Lipinski definition) is 2. The molecular weight excluding hydrogens is 176 g/mol. The molecule has 0 unspecified atom stereocenters. The number of rotatable bonds is 5. The highest BCUT2D eigenvalue weighted by Gasteiger charge is 2.37. The first kappa shape index (κ1) is 11.5. The topological polar surface area (TPSA) is 55.1 Å². The molecule has 0 bridgehead atoms. The van der Waals surface area contributed by atoms with E-state index in [4.69, 9.17) is 5.73 Å². The van der Waals surface area contributed by atoms with Crippen LogP contribution in [0.2, 0.25) is 0 Å². The van der Waals surface area contributed by atoms with Gasteiger partial charge in [0.2, 0.25) is 5.91 Å². The van der Waals surface area contributed by atoms with Crippen LogP contribution in [0.3, 0.4) is 0 Å². The van der Waals surface area contributed by atoms with Crippen molar-refractivity contribution in [3.63, 3.8) is 0 Å². The average molecular weight is 198 g/mol. The highest BCUT2D eigenvalue weighted by atomic mass is 16.2. The van der Waals surface area contributed by atoms with Crippen molar-refractivity contribution < 1.29 is 4.79 Å². The van der Waals surface area contributed by atoms with Crippen molar-refractivity contribution in [1.82, 2.24) is 5.32 Å². The van der Waals surface area contributed by atoms with Gasteiger partial charge in [-0.05, 0) is 32.1 Å². The van der Waals surface area contributed by atoms with E-state index >= 15 is 0 Å². The first-order chi connectivity index (χ1) is 6.63. The molecule has 1 saturated carbocycles. The third-order valence-corrected chi connectivity index (χ3v) is 3.31. The Morgan fingerprint density at radius 2 is 2.14 bits per heavy atom. The van der Waals surface area contributed by atoms with E-state index in [1.165, 1.54) is 6.42 Å². The molecule has 3 N–H and O–H groups in total. The van der Waals surface area contributed by atoms with Gasteiger partial charge in [-0.2, -0.15) is 0 Å². The number of hydrogen-bond acceptors (Lipinski definition) is 2. The van der Waals surface area contributed by atoms with E-state index in [9.17, 15) is 4.79 Å². The Hall–Kier alpha value is -0.570. The molecule has 1 aliphatic rings. The van der Waals surface area contributed by atoms with Gasteiger partial charge in [-0.3, -0.25) is 4.79 Å². The molecule has 0 aromatic heterocycles. The summed E-state index contributed by atoms with van der Waals surface area (Å²) in [4.78, 5) is 11.7. The minimum absolute atomic E-state index is 0.0356. The van der Waals surface area contributed by atoms with Gasteiger partial charge in [0.15, 0.2) is 0 Å². The van der Waals surface area contributed by atoms with E-state index in [1.807, 2.05) is 6.92 Å². The summed E-state index contributed by atoms with van der Waals surface area (Å²) in [7, 11) is 0. The van der Waals surface area contributed by atoms with Crippen molar-refractivity contribution in [3.8, 4) is 0 Å². The Balaban J connectivity index is 2.38. The van der Waals surface area contributed by atoms with Crippen LogP contribution in [-0.4, -0.2) is 17.5 Å². The average Bonchev–Trinajstić information content (AvgIpc) is 2.11. The van der Waals surface area contributed by atoms with E-state index in [0.29, 0.717) is 0 Å². The van der Waals surface area contributed by atoms with Crippen molar-refractivity contribution in [2.24, 2.45) is 5.73 Å². The first-order valence-corrected chi connectivity index (χ1v) is 5.71. The minimum Gasteiger partial charge on any atom is -0.349 e. The number of amides is 1. The third-order valence-electron chi connectivity index (χ3n) is 3.31.